The van der Waals surface area contributed by atoms with Gasteiger partial charge in [0.25, 0.3) is 0 Å². The van der Waals surface area contributed by atoms with Crippen molar-refractivity contribution in [3.05, 3.63) is 54.1 Å². The molecule has 0 radical (unpaired) electrons. The van der Waals surface area contributed by atoms with E-state index in [-0.39, 0.29) is 5.97 Å². The first-order valence-corrected chi connectivity index (χ1v) is 6.02. The second-order valence-electron chi connectivity index (χ2n) is 4.12. The molecule has 0 aromatic heterocycles. The van der Waals surface area contributed by atoms with Crippen molar-refractivity contribution in [2.24, 2.45) is 0 Å². The second-order valence-corrected chi connectivity index (χ2v) is 4.12. The van der Waals surface area contributed by atoms with Crippen molar-refractivity contribution in [1.29, 1.82) is 0 Å². The molecule has 0 N–H and O–H groups in total. The van der Waals surface area contributed by atoms with Crippen molar-refractivity contribution in [2.75, 3.05) is 7.11 Å². The predicted molar refractivity (Wildman–Crippen MR) is 74.2 cm³/mol. The van der Waals surface area contributed by atoms with Gasteiger partial charge in [-0.15, -0.1) is 0 Å². The van der Waals surface area contributed by atoms with E-state index in [0.29, 0.717) is 12.8 Å². The highest BCUT2D eigenvalue weighted by Gasteiger charge is 1.96. The number of rotatable bonds is 4. The SMILES string of the molecule is COC(=O)CC/C=C/c1ccc2ccccc2c1. The standard InChI is InChI=1S/C16H16O2/c1-18-16(17)9-5-2-6-13-10-11-14-7-3-4-8-15(14)12-13/h2-4,6-8,10-12H,5,9H2,1H3/b6-2+. The Balaban J connectivity index is 2.03. The van der Waals surface area contributed by atoms with Gasteiger partial charge in [0.2, 0.25) is 0 Å². The van der Waals surface area contributed by atoms with Crippen LogP contribution in [0, 0.1) is 0 Å². The molecule has 0 heterocycles. The average molecular weight is 240 g/mol. The zero-order valence-corrected chi connectivity index (χ0v) is 10.4. The summed E-state index contributed by atoms with van der Waals surface area (Å²) < 4.78 is 4.59. The molecular formula is C16H16O2. The van der Waals surface area contributed by atoms with Crippen molar-refractivity contribution < 1.29 is 9.53 Å². The lowest BCUT2D eigenvalue weighted by molar-refractivity contribution is -0.140. The van der Waals surface area contributed by atoms with Crippen molar-refractivity contribution in [3.63, 3.8) is 0 Å². The summed E-state index contributed by atoms with van der Waals surface area (Å²) in [6, 6.07) is 14.6. The predicted octanol–water partition coefficient (Wildman–Crippen LogP) is 3.81. The van der Waals surface area contributed by atoms with Gasteiger partial charge in [-0.2, -0.15) is 0 Å². The topological polar surface area (TPSA) is 26.3 Å². The molecule has 2 aromatic rings. The maximum atomic E-state index is 10.9. The van der Waals surface area contributed by atoms with Gasteiger partial charge in [-0.3, -0.25) is 4.79 Å². The minimum absolute atomic E-state index is 0.168. The normalized spacial score (nSPS) is 10.9. The lowest BCUT2D eigenvalue weighted by Gasteiger charge is -1.99. The van der Waals surface area contributed by atoms with E-state index in [4.69, 9.17) is 0 Å². The molecule has 0 saturated carbocycles. The fourth-order valence-corrected chi connectivity index (χ4v) is 1.83. The largest absolute Gasteiger partial charge is 0.469 e. The van der Waals surface area contributed by atoms with Crippen LogP contribution >= 0.6 is 0 Å². The van der Waals surface area contributed by atoms with E-state index in [1.54, 1.807) is 0 Å². The zero-order valence-electron chi connectivity index (χ0n) is 10.4. The fourth-order valence-electron chi connectivity index (χ4n) is 1.83. The smallest absolute Gasteiger partial charge is 0.305 e. The van der Waals surface area contributed by atoms with Gasteiger partial charge in [0.1, 0.15) is 0 Å². The number of methoxy groups -OCH3 is 1. The molecule has 0 aliphatic heterocycles. The highest BCUT2D eigenvalue weighted by atomic mass is 16.5. The van der Waals surface area contributed by atoms with Crippen molar-refractivity contribution in [3.8, 4) is 0 Å². The van der Waals surface area contributed by atoms with Crippen molar-refractivity contribution in [1.82, 2.24) is 0 Å². The summed E-state index contributed by atoms with van der Waals surface area (Å²) in [6.45, 7) is 0. The molecule has 18 heavy (non-hydrogen) atoms. The van der Waals surface area contributed by atoms with Crippen LogP contribution in [0.4, 0.5) is 0 Å². The van der Waals surface area contributed by atoms with Gasteiger partial charge in [-0.05, 0) is 28.8 Å². The summed E-state index contributed by atoms with van der Waals surface area (Å²) in [4.78, 5) is 10.9. The Morgan fingerprint density at radius 3 is 2.72 bits per heavy atom. The third kappa shape index (κ3) is 3.20. The van der Waals surface area contributed by atoms with Gasteiger partial charge in [0, 0.05) is 6.42 Å². The number of carbonyl (C=O) groups excluding carboxylic acids is 1. The molecule has 92 valence electrons. The second kappa shape index (κ2) is 6.01. The fraction of sp³-hybridized carbons (Fsp3) is 0.188. The first-order chi connectivity index (χ1) is 8.79. The quantitative estimate of drug-likeness (QED) is 0.760. The summed E-state index contributed by atoms with van der Waals surface area (Å²) in [7, 11) is 1.41. The Bertz CT molecular complexity index is 570. The van der Waals surface area contributed by atoms with Crippen LogP contribution in [0.15, 0.2) is 48.5 Å². The summed E-state index contributed by atoms with van der Waals surface area (Å²) in [5.74, 6) is -0.168. The van der Waals surface area contributed by atoms with E-state index in [1.807, 2.05) is 24.3 Å². The molecule has 0 unspecified atom stereocenters. The number of allylic oxidation sites excluding steroid dienone is 1. The Labute approximate surface area is 107 Å². The minimum Gasteiger partial charge on any atom is -0.469 e. The summed E-state index contributed by atoms with van der Waals surface area (Å²) >= 11 is 0. The summed E-state index contributed by atoms with van der Waals surface area (Å²) in [5.41, 5.74) is 1.15. The third-order valence-electron chi connectivity index (χ3n) is 2.83. The van der Waals surface area contributed by atoms with Gasteiger partial charge >= 0.3 is 5.97 Å². The lowest BCUT2D eigenvalue weighted by atomic mass is 10.1. The maximum Gasteiger partial charge on any atom is 0.305 e. The highest BCUT2D eigenvalue weighted by Crippen LogP contribution is 2.16. The molecular weight excluding hydrogens is 224 g/mol. The molecule has 2 rings (SSSR count). The molecule has 2 nitrogen and oxygen atoms in total. The Morgan fingerprint density at radius 1 is 1.17 bits per heavy atom. The first-order valence-electron chi connectivity index (χ1n) is 6.02. The van der Waals surface area contributed by atoms with Crippen LogP contribution in [-0.4, -0.2) is 13.1 Å². The number of carbonyl (C=O) groups is 1. The molecule has 2 aromatic carbocycles. The van der Waals surface area contributed by atoms with Crippen LogP contribution in [0.2, 0.25) is 0 Å². The number of hydrogen-bond acceptors (Lipinski definition) is 2. The molecule has 0 bridgehead atoms. The van der Waals surface area contributed by atoms with Crippen LogP contribution in [-0.2, 0) is 9.53 Å². The van der Waals surface area contributed by atoms with Crippen LogP contribution in [0.25, 0.3) is 16.8 Å². The molecule has 0 atom stereocenters. The van der Waals surface area contributed by atoms with Crippen LogP contribution < -0.4 is 0 Å². The van der Waals surface area contributed by atoms with E-state index < -0.39 is 0 Å². The van der Waals surface area contributed by atoms with Gasteiger partial charge in [0.15, 0.2) is 0 Å². The summed E-state index contributed by atoms with van der Waals surface area (Å²) in [6.07, 6.45) is 5.18. The zero-order chi connectivity index (χ0) is 12.8. The molecule has 0 spiro atoms. The first kappa shape index (κ1) is 12.4. The molecule has 0 fully saturated rings. The number of fused-ring (bicyclic) bond motifs is 1. The van der Waals surface area contributed by atoms with Gasteiger partial charge in [0.05, 0.1) is 7.11 Å². The number of benzene rings is 2. The number of ether oxygens (including phenoxy) is 1. The third-order valence-corrected chi connectivity index (χ3v) is 2.83. The van der Waals surface area contributed by atoms with E-state index in [0.717, 1.165) is 5.56 Å². The van der Waals surface area contributed by atoms with Gasteiger partial charge in [-0.1, -0.05) is 48.6 Å². The molecule has 2 heteroatoms. The number of esters is 1. The van der Waals surface area contributed by atoms with E-state index in [1.165, 1.54) is 17.9 Å². The van der Waals surface area contributed by atoms with Gasteiger partial charge < -0.3 is 4.74 Å². The maximum absolute atomic E-state index is 10.9. The van der Waals surface area contributed by atoms with Crippen LogP contribution in [0.3, 0.4) is 0 Å². The van der Waals surface area contributed by atoms with E-state index >= 15 is 0 Å². The van der Waals surface area contributed by atoms with Crippen LogP contribution in [0.5, 0.6) is 0 Å². The Morgan fingerprint density at radius 2 is 1.94 bits per heavy atom. The Kier molecular flexibility index (Phi) is 4.13. The monoisotopic (exact) mass is 240 g/mol. The van der Waals surface area contributed by atoms with Crippen LogP contribution in [0.1, 0.15) is 18.4 Å². The molecule has 0 saturated heterocycles. The minimum atomic E-state index is -0.168. The van der Waals surface area contributed by atoms with Crippen molar-refractivity contribution in [2.45, 2.75) is 12.8 Å². The highest BCUT2D eigenvalue weighted by molar-refractivity contribution is 5.84. The average Bonchev–Trinajstić information content (AvgIpc) is 2.43. The lowest BCUT2D eigenvalue weighted by Crippen LogP contribution is -1.97. The summed E-state index contributed by atoms with van der Waals surface area (Å²) in [5, 5.41) is 2.47. The van der Waals surface area contributed by atoms with Crippen molar-refractivity contribution >= 4 is 22.8 Å². The number of hydrogen-bond donors (Lipinski definition) is 0. The molecule has 0 amide bonds. The molecule has 0 aliphatic carbocycles. The molecule has 0 aliphatic rings. The van der Waals surface area contributed by atoms with E-state index in [9.17, 15) is 4.79 Å². The van der Waals surface area contributed by atoms with E-state index in [2.05, 4.69) is 35.1 Å². The Hall–Kier alpha value is -2.09. The van der Waals surface area contributed by atoms with Gasteiger partial charge in [-0.25, -0.2) is 0 Å².